The maximum absolute atomic E-state index is 14.0. The molecule has 1 amide bonds. The Morgan fingerprint density at radius 1 is 1.38 bits per heavy atom. The molecule has 1 atom stereocenters. The van der Waals surface area contributed by atoms with E-state index >= 15 is 0 Å². The smallest absolute Gasteiger partial charge is 0.422 e. The molecule has 0 spiro atoms. The first-order valence-electron chi connectivity index (χ1n) is 7.46. The maximum atomic E-state index is 14.0. The van der Waals surface area contributed by atoms with E-state index in [1.165, 1.54) is 17.3 Å². The first kappa shape index (κ1) is 18.4. The summed E-state index contributed by atoms with van der Waals surface area (Å²) in [7, 11) is 0. The molecule has 1 aliphatic heterocycles. The first-order chi connectivity index (χ1) is 12.2. The summed E-state index contributed by atoms with van der Waals surface area (Å²) in [5.74, 6) is -2.08. The fraction of sp³-hybridized carbons (Fsp3) is 0.312. The van der Waals surface area contributed by atoms with Gasteiger partial charge in [0, 0.05) is 23.5 Å². The van der Waals surface area contributed by atoms with Gasteiger partial charge in [0.25, 0.3) is 11.8 Å². The quantitative estimate of drug-likeness (QED) is 0.587. The van der Waals surface area contributed by atoms with E-state index in [4.69, 9.17) is 11.6 Å². The van der Waals surface area contributed by atoms with Gasteiger partial charge in [-0.05, 0) is 24.6 Å². The number of nitrogens with zero attached hydrogens (tertiary/aromatic N) is 3. The normalized spacial score (nSPS) is 15.2. The van der Waals surface area contributed by atoms with E-state index < -0.39 is 30.5 Å². The number of carbonyl (C=O) groups excluding carboxylic acids is 1. The molecule has 10 heteroatoms. The van der Waals surface area contributed by atoms with Gasteiger partial charge in [-0.15, -0.1) is 0 Å². The Morgan fingerprint density at radius 3 is 2.73 bits per heavy atom. The summed E-state index contributed by atoms with van der Waals surface area (Å²) in [6, 6.07) is 1.97. The van der Waals surface area contributed by atoms with Crippen molar-refractivity contribution < 1.29 is 27.1 Å². The first-order valence-corrected chi connectivity index (χ1v) is 7.84. The zero-order valence-electron chi connectivity index (χ0n) is 13.3. The van der Waals surface area contributed by atoms with Gasteiger partial charge in [-0.25, -0.2) is 14.4 Å². The Bertz CT molecular complexity index is 860. The van der Waals surface area contributed by atoms with Gasteiger partial charge in [0.05, 0.1) is 12.6 Å². The van der Waals surface area contributed by atoms with Crippen LogP contribution in [0.3, 0.4) is 0 Å². The zero-order valence-corrected chi connectivity index (χ0v) is 14.1. The molecule has 0 bridgehead atoms. The van der Waals surface area contributed by atoms with Crippen molar-refractivity contribution >= 4 is 17.5 Å². The van der Waals surface area contributed by atoms with Crippen LogP contribution in [0.2, 0.25) is 5.15 Å². The molecule has 2 aromatic rings. The molecule has 0 aromatic carbocycles. The molecular weight excluding hydrogens is 378 g/mol. The van der Waals surface area contributed by atoms with E-state index in [9.17, 15) is 22.4 Å². The molecule has 0 saturated heterocycles. The fourth-order valence-electron chi connectivity index (χ4n) is 2.63. The summed E-state index contributed by atoms with van der Waals surface area (Å²) in [4.78, 5) is 21.5. The predicted octanol–water partition coefficient (Wildman–Crippen LogP) is 3.93. The highest BCUT2D eigenvalue weighted by Gasteiger charge is 2.34. The predicted molar refractivity (Wildman–Crippen MR) is 83.3 cm³/mol. The lowest BCUT2D eigenvalue weighted by Gasteiger charge is -2.24. The summed E-state index contributed by atoms with van der Waals surface area (Å²) in [5.41, 5.74) is 1.30. The van der Waals surface area contributed by atoms with Crippen LogP contribution in [0.15, 0.2) is 24.5 Å². The van der Waals surface area contributed by atoms with Crippen molar-refractivity contribution in [2.75, 3.05) is 6.61 Å². The molecule has 2 aromatic heterocycles. The van der Waals surface area contributed by atoms with E-state index in [0.717, 1.165) is 6.07 Å². The summed E-state index contributed by atoms with van der Waals surface area (Å²) >= 11 is 6.00. The molecule has 0 radical (unpaired) electrons. The number of alkyl halides is 3. The Morgan fingerprint density at radius 2 is 2.12 bits per heavy atom. The monoisotopic (exact) mass is 389 g/mol. The summed E-state index contributed by atoms with van der Waals surface area (Å²) in [6.07, 6.45) is -2.00. The molecule has 1 aliphatic rings. The summed E-state index contributed by atoms with van der Waals surface area (Å²) in [5, 5.41) is 0.214. The van der Waals surface area contributed by atoms with Crippen LogP contribution in [0.1, 0.15) is 34.5 Å². The number of pyridine rings is 2. The minimum atomic E-state index is -4.60. The molecule has 3 heterocycles. The number of hydrogen-bond acceptors (Lipinski definition) is 4. The molecule has 0 N–H and O–H groups in total. The van der Waals surface area contributed by atoms with E-state index in [-0.39, 0.29) is 17.6 Å². The lowest BCUT2D eigenvalue weighted by Crippen LogP contribution is -2.27. The van der Waals surface area contributed by atoms with E-state index in [1.807, 2.05) is 0 Å². The van der Waals surface area contributed by atoms with Crippen molar-refractivity contribution in [1.29, 1.82) is 0 Å². The van der Waals surface area contributed by atoms with Crippen LogP contribution < -0.4 is 4.74 Å². The Balaban J connectivity index is 1.79. The van der Waals surface area contributed by atoms with Gasteiger partial charge < -0.3 is 9.64 Å². The van der Waals surface area contributed by atoms with E-state index in [1.54, 1.807) is 13.0 Å². The standard InChI is InChI=1S/C16H12ClF4N3O2/c1-8(24-6-11-10(15(24)25)2-3-22-13(11)17)9-4-12(18)14(23-5-9)26-7-16(19,20)21/h2-5,8H,6-7H2,1H3. The van der Waals surface area contributed by atoms with Crippen LogP contribution in [-0.4, -0.2) is 33.6 Å². The maximum Gasteiger partial charge on any atom is 0.422 e. The lowest BCUT2D eigenvalue weighted by molar-refractivity contribution is -0.154. The van der Waals surface area contributed by atoms with Crippen LogP contribution in [0.5, 0.6) is 5.88 Å². The number of ether oxygens (including phenoxy) is 1. The lowest BCUT2D eigenvalue weighted by atomic mass is 10.1. The van der Waals surface area contributed by atoms with Crippen LogP contribution in [0.4, 0.5) is 17.6 Å². The van der Waals surface area contributed by atoms with Crippen molar-refractivity contribution in [1.82, 2.24) is 14.9 Å². The molecule has 1 unspecified atom stereocenters. The molecular formula is C16H12ClF4N3O2. The molecule has 138 valence electrons. The minimum Gasteiger partial charge on any atom is -0.466 e. The number of hydrogen-bond donors (Lipinski definition) is 0. The molecule has 26 heavy (non-hydrogen) atoms. The van der Waals surface area contributed by atoms with Crippen molar-refractivity contribution in [3.8, 4) is 5.88 Å². The summed E-state index contributed by atoms with van der Waals surface area (Å²) < 4.78 is 54.8. The largest absolute Gasteiger partial charge is 0.466 e. The third-order valence-corrected chi connectivity index (χ3v) is 4.30. The number of amides is 1. The van der Waals surface area contributed by atoms with E-state index in [2.05, 4.69) is 14.7 Å². The second kappa shape index (κ2) is 6.71. The fourth-order valence-corrected chi connectivity index (χ4v) is 2.85. The van der Waals surface area contributed by atoms with Crippen molar-refractivity contribution in [2.45, 2.75) is 25.7 Å². The third kappa shape index (κ3) is 3.57. The van der Waals surface area contributed by atoms with Gasteiger partial charge in [0.15, 0.2) is 12.4 Å². The molecule has 0 fully saturated rings. The summed E-state index contributed by atoms with van der Waals surface area (Å²) in [6.45, 7) is 0.199. The highest BCUT2D eigenvalue weighted by Crippen LogP contribution is 2.34. The molecule has 5 nitrogen and oxygen atoms in total. The number of halogens is 5. The van der Waals surface area contributed by atoms with Crippen LogP contribution >= 0.6 is 11.6 Å². The van der Waals surface area contributed by atoms with Crippen LogP contribution in [-0.2, 0) is 6.54 Å². The van der Waals surface area contributed by atoms with Gasteiger partial charge >= 0.3 is 6.18 Å². The highest BCUT2D eigenvalue weighted by atomic mass is 35.5. The van der Waals surface area contributed by atoms with Gasteiger partial charge in [-0.3, -0.25) is 4.79 Å². The molecule has 0 saturated carbocycles. The van der Waals surface area contributed by atoms with Crippen molar-refractivity contribution in [3.05, 3.63) is 52.2 Å². The average Bonchev–Trinajstić information content (AvgIpc) is 2.91. The van der Waals surface area contributed by atoms with Crippen molar-refractivity contribution in [3.63, 3.8) is 0 Å². The van der Waals surface area contributed by atoms with Crippen LogP contribution in [0.25, 0.3) is 0 Å². The number of carbonyl (C=O) groups is 1. The highest BCUT2D eigenvalue weighted by molar-refractivity contribution is 6.30. The molecule has 3 rings (SSSR count). The Labute approximate surface area is 150 Å². The third-order valence-electron chi connectivity index (χ3n) is 3.97. The van der Waals surface area contributed by atoms with E-state index in [0.29, 0.717) is 16.7 Å². The second-order valence-electron chi connectivity index (χ2n) is 5.70. The van der Waals surface area contributed by atoms with Crippen molar-refractivity contribution in [2.24, 2.45) is 0 Å². The van der Waals surface area contributed by atoms with Gasteiger partial charge in [0.2, 0.25) is 0 Å². The van der Waals surface area contributed by atoms with Crippen LogP contribution in [0, 0.1) is 5.82 Å². The molecule has 0 aliphatic carbocycles. The Hall–Kier alpha value is -2.42. The number of aromatic nitrogens is 2. The zero-order chi connectivity index (χ0) is 19.1. The number of rotatable bonds is 4. The van der Waals surface area contributed by atoms with Gasteiger partial charge in [-0.1, -0.05) is 11.6 Å². The van der Waals surface area contributed by atoms with Gasteiger partial charge in [-0.2, -0.15) is 13.2 Å². The number of fused-ring (bicyclic) bond motifs is 1. The second-order valence-corrected chi connectivity index (χ2v) is 6.05. The Kier molecular flexibility index (Phi) is 4.74. The topological polar surface area (TPSA) is 55.3 Å². The minimum absolute atomic E-state index is 0.190. The van der Waals surface area contributed by atoms with Gasteiger partial charge in [0.1, 0.15) is 5.15 Å². The average molecular weight is 390 g/mol. The SMILES string of the molecule is CC(c1cnc(OCC(F)(F)F)c(F)c1)N1Cc2c(ccnc2Cl)C1=O.